The molecular formula is C11H11FN2O3. The number of carboxylic acid groups (broad SMARTS) is 1. The Morgan fingerprint density at radius 3 is 2.94 bits per heavy atom. The third-order valence-corrected chi connectivity index (χ3v) is 2.60. The Kier molecular flexibility index (Phi) is 2.97. The predicted octanol–water partition coefficient (Wildman–Crippen LogP) is 1.34. The number of aromatic hydroxyl groups is 1. The molecule has 5 nitrogen and oxygen atoms in total. The Balaban J connectivity index is 2.35. The van der Waals surface area contributed by atoms with Gasteiger partial charge in [0.25, 0.3) is 0 Å². The molecule has 1 heterocycles. The molecule has 0 aliphatic carbocycles. The van der Waals surface area contributed by atoms with Crippen molar-refractivity contribution >= 4 is 16.9 Å². The largest absolute Gasteiger partial charge is 0.508 e. The second-order valence-corrected chi connectivity index (χ2v) is 3.75. The molecule has 0 bridgehead atoms. The molecule has 17 heavy (non-hydrogen) atoms. The lowest BCUT2D eigenvalue weighted by Crippen LogP contribution is -2.33. The number of fused-ring (bicyclic) bond motifs is 1. The summed E-state index contributed by atoms with van der Waals surface area (Å²) in [5, 5.41) is 18.8. The quantitative estimate of drug-likeness (QED) is 0.605. The zero-order chi connectivity index (χ0) is 12.4. The standard InChI is InChI=1S/C11H11FN2O3/c12-14-10(11(16)17)3-6-5-13-9-2-1-7(15)4-8(6)9/h1-2,4-5,10,13-15H,3H2,(H,16,17). The molecule has 0 amide bonds. The third kappa shape index (κ3) is 2.21. The Morgan fingerprint density at radius 2 is 2.29 bits per heavy atom. The van der Waals surface area contributed by atoms with Gasteiger partial charge >= 0.3 is 5.97 Å². The molecule has 90 valence electrons. The minimum absolute atomic E-state index is 0.00468. The van der Waals surface area contributed by atoms with Gasteiger partial charge in [-0.15, -0.1) is 10.0 Å². The van der Waals surface area contributed by atoms with Crippen molar-refractivity contribution in [3.8, 4) is 5.75 Å². The number of hydrogen-bond acceptors (Lipinski definition) is 3. The van der Waals surface area contributed by atoms with Crippen LogP contribution in [0.1, 0.15) is 5.56 Å². The number of phenolic OH excluding ortho intramolecular Hbond substituents is 1. The Morgan fingerprint density at radius 1 is 1.53 bits per heavy atom. The fraction of sp³-hybridized carbons (Fsp3) is 0.182. The number of rotatable bonds is 4. The zero-order valence-electron chi connectivity index (χ0n) is 8.77. The number of phenols is 1. The lowest BCUT2D eigenvalue weighted by Gasteiger charge is -2.07. The maximum absolute atomic E-state index is 12.3. The third-order valence-electron chi connectivity index (χ3n) is 2.60. The van der Waals surface area contributed by atoms with Crippen molar-refractivity contribution in [2.75, 3.05) is 0 Å². The van der Waals surface area contributed by atoms with Crippen LogP contribution >= 0.6 is 0 Å². The molecular weight excluding hydrogens is 227 g/mol. The lowest BCUT2D eigenvalue weighted by atomic mass is 10.1. The van der Waals surface area contributed by atoms with E-state index in [9.17, 15) is 14.4 Å². The van der Waals surface area contributed by atoms with E-state index in [0.29, 0.717) is 10.9 Å². The number of hydrogen-bond donors (Lipinski definition) is 4. The van der Waals surface area contributed by atoms with Crippen LogP contribution in [-0.2, 0) is 11.2 Å². The summed E-state index contributed by atoms with van der Waals surface area (Å²) in [6.07, 6.45) is 1.60. The van der Waals surface area contributed by atoms with E-state index in [4.69, 9.17) is 5.11 Å². The van der Waals surface area contributed by atoms with E-state index >= 15 is 0 Å². The highest BCUT2D eigenvalue weighted by atomic mass is 19.2. The average Bonchev–Trinajstić information content (AvgIpc) is 2.68. The molecule has 0 radical (unpaired) electrons. The van der Waals surface area contributed by atoms with Crippen LogP contribution in [0.15, 0.2) is 24.4 Å². The topological polar surface area (TPSA) is 85.3 Å². The van der Waals surface area contributed by atoms with Crippen LogP contribution < -0.4 is 5.54 Å². The molecule has 6 heteroatoms. The van der Waals surface area contributed by atoms with Gasteiger partial charge in [0.15, 0.2) is 0 Å². The number of benzene rings is 1. The summed E-state index contributed by atoms with van der Waals surface area (Å²) in [6, 6.07) is 3.41. The molecule has 1 aromatic heterocycles. The van der Waals surface area contributed by atoms with Crippen LogP contribution in [-0.4, -0.2) is 27.2 Å². The number of carbonyl (C=O) groups is 1. The van der Waals surface area contributed by atoms with Crippen molar-refractivity contribution in [3.05, 3.63) is 30.0 Å². The number of H-pyrrole nitrogens is 1. The molecule has 2 rings (SSSR count). The maximum Gasteiger partial charge on any atom is 0.323 e. The highest BCUT2D eigenvalue weighted by Gasteiger charge is 2.19. The molecule has 0 fully saturated rings. The second-order valence-electron chi connectivity index (χ2n) is 3.75. The summed E-state index contributed by atoms with van der Waals surface area (Å²) < 4.78 is 12.3. The summed E-state index contributed by atoms with van der Waals surface area (Å²) in [5.74, 6) is -1.18. The fourth-order valence-electron chi connectivity index (χ4n) is 1.73. The van der Waals surface area contributed by atoms with Crippen molar-refractivity contribution in [1.29, 1.82) is 0 Å². The number of aliphatic carboxylic acids is 1. The molecule has 0 saturated heterocycles. The van der Waals surface area contributed by atoms with Gasteiger partial charge in [0.05, 0.1) is 0 Å². The number of carboxylic acids is 1. The summed E-state index contributed by atoms with van der Waals surface area (Å²) in [7, 11) is 0. The first kappa shape index (κ1) is 11.4. The highest BCUT2D eigenvalue weighted by Crippen LogP contribution is 2.23. The van der Waals surface area contributed by atoms with E-state index in [1.807, 2.05) is 0 Å². The van der Waals surface area contributed by atoms with Gasteiger partial charge in [-0.25, -0.2) is 0 Å². The van der Waals surface area contributed by atoms with Gasteiger partial charge in [0, 0.05) is 23.5 Å². The first-order valence-electron chi connectivity index (χ1n) is 4.99. The summed E-state index contributed by atoms with van der Waals surface area (Å²) >= 11 is 0. The number of aromatic amines is 1. The van der Waals surface area contributed by atoms with Crippen LogP contribution in [0.4, 0.5) is 4.48 Å². The SMILES string of the molecule is O=C(O)C(Cc1c[nH]c2ccc(O)cc12)NF. The molecule has 0 aliphatic rings. The molecule has 0 spiro atoms. The number of nitrogens with one attached hydrogen (secondary N) is 2. The second kappa shape index (κ2) is 4.42. The fourth-order valence-corrected chi connectivity index (χ4v) is 1.73. The van der Waals surface area contributed by atoms with E-state index in [0.717, 1.165) is 5.52 Å². The van der Waals surface area contributed by atoms with Gasteiger partial charge in [-0.1, -0.05) is 0 Å². The number of halogens is 1. The average molecular weight is 238 g/mol. The van der Waals surface area contributed by atoms with Crippen LogP contribution in [0.3, 0.4) is 0 Å². The first-order valence-corrected chi connectivity index (χ1v) is 4.99. The molecule has 0 saturated carbocycles. The van der Waals surface area contributed by atoms with Gasteiger partial charge in [-0.05, 0) is 23.8 Å². The Hall–Kier alpha value is -2.08. The monoisotopic (exact) mass is 238 g/mol. The minimum atomic E-state index is -1.30. The van der Waals surface area contributed by atoms with E-state index in [1.54, 1.807) is 12.3 Å². The molecule has 4 N–H and O–H groups in total. The first-order chi connectivity index (χ1) is 8.11. The summed E-state index contributed by atoms with van der Waals surface area (Å²) in [5.41, 5.74) is 2.64. The van der Waals surface area contributed by atoms with Crippen molar-refractivity contribution < 1.29 is 19.5 Å². The van der Waals surface area contributed by atoms with Crippen molar-refractivity contribution in [2.24, 2.45) is 0 Å². The van der Waals surface area contributed by atoms with Crippen LogP contribution in [0, 0.1) is 0 Å². The zero-order valence-corrected chi connectivity index (χ0v) is 8.77. The molecule has 1 aromatic carbocycles. The highest BCUT2D eigenvalue weighted by molar-refractivity contribution is 5.85. The molecule has 0 aliphatic heterocycles. The van der Waals surface area contributed by atoms with Crippen molar-refractivity contribution in [1.82, 2.24) is 10.5 Å². The molecule has 1 atom stereocenters. The summed E-state index contributed by atoms with van der Waals surface area (Å²) in [4.78, 5) is 13.6. The minimum Gasteiger partial charge on any atom is -0.508 e. The van der Waals surface area contributed by atoms with E-state index in [2.05, 4.69) is 4.98 Å². The van der Waals surface area contributed by atoms with E-state index < -0.39 is 12.0 Å². The van der Waals surface area contributed by atoms with Crippen LogP contribution in [0.2, 0.25) is 0 Å². The van der Waals surface area contributed by atoms with E-state index in [1.165, 1.54) is 17.7 Å². The normalized spacial score (nSPS) is 12.8. The van der Waals surface area contributed by atoms with Gasteiger partial charge < -0.3 is 15.2 Å². The predicted molar refractivity (Wildman–Crippen MR) is 59.3 cm³/mol. The van der Waals surface area contributed by atoms with Crippen molar-refractivity contribution in [2.45, 2.75) is 12.5 Å². The summed E-state index contributed by atoms with van der Waals surface area (Å²) in [6.45, 7) is 0. The molecule has 2 aromatic rings. The lowest BCUT2D eigenvalue weighted by molar-refractivity contribution is -0.140. The smallest absolute Gasteiger partial charge is 0.323 e. The Labute approximate surface area is 95.8 Å². The Bertz CT molecular complexity index is 553. The van der Waals surface area contributed by atoms with Gasteiger partial charge in [-0.3, -0.25) is 4.79 Å². The van der Waals surface area contributed by atoms with Gasteiger partial charge in [-0.2, -0.15) is 0 Å². The van der Waals surface area contributed by atoms with Crippen molar-refractivity contribution in [3.63, 3.8) is 0 Å². The maximum atomic E-state index is 12.3. The van der Waals surface area contributed by atoms with Crippen LogP contribution in [0.5, 0.6) is 5.75 Å². The molecule has 1 unspecified atom stereocenters. The van der Waals surface area contributed by atoms with Crippen LogP contribution in [0.25, 0.3) is 10.9 Å². The van der Waals surface area contributed by atoms with E-state index in [-0.39, 0.29) is 12.2 Å². The van der Waals surface area contributed by atoms with Gasteiger partial charge in [0.2, 0.25) is 0 Å². The van der Waals surface area contributed by atoms with Gasteiger partial charge in [0.1, 0.15) is 11.8 Å². The number of aromatic nitrogens is 1.